The number of carbonyl (C=O) groups is 1. The Bertz CT molecular complexity index is 860. The lowest BCUT2D eigenvalue weighted by Crippen LogP contribution is -2.34. The molecule has 1 N–H and O–H groups in total. The van der Waals surface area contributed by atoms with Crippen molar-refractivity contribution in [2.75, 3.05) is 40.9 Å². The summed E-state index contributed by atoms with van der Waals surface area (Å²) in [7, 11) is 5.48. The van der Waals surface area contributed by atoms with Crippen molar-refractivity contribution in [2.24, 2.45) is 0 Å². The fourth-order valence-corrected chi connectivity index (χ4v) is 2.97. The molecule has 0 spiro atoms. The molecule has 1 aliphatic rings. The van der Waals surface area contributed by atoms with Gasteiger partial charge in [-0.3, -0.25) is 4.79 Å². The van der Waals surface area contributed by atoms with Crippen molar-refractivity contribution in [3.63, 3.8) is 0 Å². The second kappa shape index (κ2) is 8.22. The summed E-state index contributed by atoms with van der Waals surface area (Å²) in [4.78, 5) is 14.8. The maximum absolute atomic E-state index is 13.4. The SMILES string of the molecule is COc1ccc2c(c1)C(c1ccc(F)cc1)=C(C(=O)NCCN(C)C)CO2. The Morgan fingerprint density at radius 1 is 1.22 bits per heavy atom. The first-order chi connectivity index (χ1) is 13.0. The van der Waals surface area contributed by atoms with E-state index in [0.29, 0.717) is 23.6 Å². The normalized spacial score (nSPS) is 13.2. The van der Waals surface area contributed by atoms with Gasteiger partial charge < -0.3 is 19.7 Å². The summed E-state index contributed by atoms with van der Waals surface area (Å²) in [6.45, 7) is 1.41. The Hall–Kier alpha value is -2.86. The number of fused-ring (bicyclic) bond motifs is 1. The van der Waals surface area contributed by atoms with Gasteiger partial charge in [0, 0.05) is 24.2 Å². The molecule has 0 aliphatic carbocycles. The van der Waals surface area contributed by atoms with Crippen molar-refractivity contribution in [1.82, 2.24) is 10.2 Å². The number of likely N-dealkylation sites (N-methyl/N-ethyl adjacent to an activating group) is 1. The summed E-state index contributed by atoms with van der Waals surface area (Å²) in [6, 6.07) is 11.6. The van der Waals surface area contributed by atoms with Gasteiger partial charge in [0.05, 0.1) is 12.7 Å². The zero-order chi connectivity index (χ0) is 19.4. The summed E-state index contributed by atoms with van der Waals surface area (Å²) in [5.41, 5.74) is 2.76. The highest BCUT2D eigenvalue weighted by Gasteiger charge is 2.26. The predicted octanol–water partition coefficient (Wildman–Crippen LogP) is 2.71. The molecule has 1 heterocycles. The number of nitrogens with zero attached hydrogens (tertiary/aromatic N) is 1. The number of rotatable bonds is 6. The fraction of sp³-hybridized carbons (Fsp3) is 0.286. The molecule has 2 aromatic carbocycles. The molecule has 5 nitrogen and oxygen atoms in total. The third-order valence-corrected chi connectivity index (χ3v) is 4.38. The molecule has 1 aliphatic heterocycles. The molecule has 6 heteroatoms. The Labute approximate surface area is 158 Å². The molecule has 0 atom stereocenters. The van der Waals surface area contributed by atoms with Crippen molar-refractivity contribution in [3.05, 3.63) is 65.0 Å². The highest BCUT2D eigenvalue weighted by molar-refractivity contribution is 6.06. The average molecular weight is 370 g/mol. The second-order valence-corrected chi connectivity index (χ2v) is 6.57. The number of ether oxygens (including phenoxy) is 2. The standard InChI is InChI=1S/C21H23FN2O3/c1-24(2)11-10-23-21(25)18-13-27-19-9-8-16(26-3)12-17(19)20(18)14-4-6-15(22)7-5-14/h4-9,12H,10-11,13H2,1-3H3,(H,23,25). The topological polar surface area (TPSA) is 50.8 Å². The Balaban J connectivity index is 2.05. The van der Waals surface area contributed by atoms with Crippen molar-refractivity contribution in [2.45, 2.75) is 0 Å². The van der Waals surface area contributed by atoms with Gasteiger partial charge in [0.1, 0.15) is 23.9 Å². The quantitative estimate of drug-likeness (QED) is 0.850. The molecule has 0 saturated heterocycles. The summed E-state index contributed by atoms with van der Waals surface area (Å²) in [5, 5.41) is 2.93. The van der Waals surface area contributed by atoms with Gasteiger partial charge in [-0.1, -0.05) is 12.1 Å². The van der Waals surface area contributed by atoms with Gasteiger partial charge in [-0.2, -0.15) is 0 Å². The van der Waals surface area contributed by atoms with Crippen LogP contribution in [0.5, 0.6) is 11.5 Å². The maximum atomic E-state index is 13.4. The van der Waals surface area contributed by atoms with E-state index in [1.807, 2.05) is 37.2 Å². The van der Waals surface area contributed by atoms with Crippen LogP contribution in [0, 0.1) is 5.82 Å². The Morgan fingerprint density at radius 2 is 1.96 bits per heavy atom. The van der Waals surface area contributed by atoms with Crippen LogP contribution in [-0.4, -0.2) is 51.7 Å². The van der Waals surface area contributed by atoms with E-state index < -0.39 is 0 Å². The third-order valence-electron chi connectivity index (χ3n) is 4.38. The van der Waals surface area contributed by atoms with Crippen molar-refractivity contribution in [1.29, 1.82) is 0 Å². The second-order valence-electron chi connectivity index (χ2n) is 6.57. The number of methoxy groups -OCH3 is 1. The molecular formula is C21H23FN2O3. The molecule has 0 unspecified atom stereocenters. The lowest BCUT2D eigenvalue weighted by molar-refractivity contribution is -0.117. The zero-order valence-electron chi connectivity index (χ0n) is 15.7. The van der Waals surface area contributed by atoms with E-state index >= 15 is 0 Å². The molecule has 27 heavy (non-hydrogen) atoms. The van der Waals surface area contributed by atoms with Crippen molar-refractivity contribution < 1.29 is 18.7 Å². The molecule has 0 aromatic heterocycles. The van der Waals surface area contributed by atoms with Crippen LogP contribution in [0.4, 0.5) is 4.39 Å². The van der Waals surface area contributed by atoms with Crippen LogP contribution in [0.1, 0.15) is 11.1 Å². The van der Waals surface area contributed by atoms with Crippen LogP contribution >= 0.6 is 0 Å². The largest absolute Gasteiger partial charge is 0.497 e. The molecule has 0 fully saturated rings. The van der Waals surface area contributed by atoms with Crippen LogP contribution in [0.15, 0.2) is 48.0 Å². The highest BCUT2D eigenvalue weighted by atomic mass is 19.1. The number of carbonyl (C=O) groups excluding carboxylic acids is 1. The van der Waals surface area contributed by atoms with Crippen LogP contribution in [0.25, 0.3) is 5.57 Å². The molecule has 142 valence electrons. The first-order valence-electron chi connectivity index (χ1n) is 8.73. The van der Waals surface area contributed by atoms with Gasteiger partial charge in [0.15, 0.2) is 0 Å². The van der Waals surface area contributed by atoms with Gasteiger partial charge in [-0.15, -0.1) is 0 Å². The van der Waals surface area contributed by atoms with Gasteiger partial charge in [-0.25, -0.2) is 4.39 Å². The van der Waals surface area contributed by atoms with Crippen LogP contribution < -0.4 is 14.8 Å². The van der Waals surface area contributed by atoms with Gasteiger partial charge in [0.2, 0.25) is 0 Å². The van der Waals surface area contributed by atoms with E-state index in [9.17, 15) is 9.18 Å². The number of benzene rings is 2. The van der Waals surface area contributed by atoms with Crippen LogP contribution in [0.2, 0.25) is 0 Å². The third kappa shape index (κ3) is 4.28. The minimum atomic E-state index is -0.325. The average Bonchev–Trinajstić information content (AvgIpc) is 2.67. The van der Waals surface area contributed by atoms with E-state index in [1.165, 1.54) is 12.1 Å². The molecule has 2 aromatic rings. The molecule has 0 radical (unpaired) electrons. The maximum Gasteiger partial charge on any atom is 0.251 e. The van der Waals surface area contributed by atoms with Gasteiger partial charge in [-0.05, 0) is 50.0 Å². The summed E-state index contributed by atoms with van der Waals surface area (Å²) < 4.78 is 24.5. The number of hydrogen-bond donors (Lipinski definition) is 1. The van der Waals surface area contributed by atoms with Gasteiger partial charge >= 0.3 is 0 Å². The van der Waals surface area contributed by atoms with Crippen LogP contribution in [-0.2, 0) is 4.79 Å². The highest BCUT2D eigenvalue weighted by Crippen LogP contribution is 2.39. The van der Waals surface area contributed by atoms with E-state index in [2.05, 4.69) is 5.32 Å². The molecule has 0 saturated carbocycles. The van der Waals surface area contributed by atoms with E-state index in [4.69, 9.17) is 9.47 Å². The van der Waals surface area contributed by atoms with Crippen molar-refractivity contribution in [3.8, 4) is 11.5 Å². The Morgan fingerprint density at radius 3 is 2.63 bits per heavy atom. The molecule has 0 bridgehead atoms. The number of nitrogens with one attached hydrogen (secondary N) is 1. The number of halogens is 1. The summed E-state index contributed by atoms with van der Waals surface area (Å²) in [6.07, 6.45) is 0. The number of amides is 1. The molecular weight excluding hydrogens is 347 g/mol. The van der Waals surface area contributed by atoms with E-state index in [0.717, 1.165) is 23.2 Å². The summed E-state index contributed by atoms with van der Waals surface area (Å²) in [5.74, 6) is 0.810. The minimum absolute atomic E-state index is 0.153. The fourth-order valence-electron chi connectivity index (χ4n) is 2.97. The van der Waals surface area contributed by atoms with Gasteiger partial charge in [0.25, 0.3) is 5.91 Å². The molecule has 3 rings (SSSR count). The molecule has 1 amide bonds. The Kier molecular flexibility index (Phi) is 5.76. The smallest absolute Gasteiger partial charge is 0.251 e. The first kappa shape index (κ1) is 18.9. The monoisotopic (exact) mass is 370 g/mol. The van der Waals surface area contributed by atoms with E-state index in [1.54, 1.807) is 19.2 Å². The van der Waals surface area contributed by atoms with Crippen LogP contribution in [0.3, 0.4) is 0 Å². The lowest BCUT2D eigenvalue weighted by Gasteiger charge is -2.25. The predicted molar refractivity (Wildman–Crippen MR) is 102 cm³/mol. The minimum Gasteiger partial charge on any atom is -0.497 e. The van der Waals surface area contributed by atoms with E-state index in [-0.39, 0.29) is 18.3 Å². The summed E-state index contributed by atoms with van der Waals surface area (Å²) >= 11 is 0. The van der Waals surface area contributed by atoms with Crippen molar-refractivity contribution >= 4 is 11.5 Å². The number of hydrogen-bond acceptors (Lipinski definition) is 4. The first-order valence-corrected chi connectivity index (χ1v) is 8.73. The lowest BCUT2D eigenvalue weighted by atomic mass is 9.90. The zero-order valence-corrected chi connectivity index (χ0v) is 15.7.